The molecule has 5 rings (SSSR count). The Balaban J connectivity index is 0.00000171. The van der Waals surface area contributed by atoms with E-state index in [-0.39, 0.29) is 36.7 Å². The molecule has 35 heavy (non-hydrogen) atoms. The van der Waals surface area contributed by atoms with Gasteiger partial charge in [0.25, 0.3) is 0 Å². The van der Waals surface area contributed by atoms with Crippen LogP contribution in [0.3, 0.4) is 0 Å². The molecule has 1 saturated heterocycles. The number of hydrogen-bond donors (Lipinski definition) is 1. The third-order valence-corrected chi connectivity index (χ3v) is 6.06. The van der Waals surface area contributed by atoms with Crippen molar-refractivity contribution in [1.82, 2.24) is 35.0 Å². The van der Waals surface area contributed by atoms with Crippen molar-refractivity contribution in [3.8, 4) is 11.3 Å². The van der Waals surface area contributed by atoms with E-state index in [1.54, 1.807) is 36.9 Å². The Morgan fingerprint density at radius 2 is 1.51 bits per heavy atom. The van der Waals surface area contributed by atoms with Gasteiger partial charge in [0.1, 0.15) is 17.3 Å². The fourth-order valence-electron chi connectivity index (χ4n) is 4.45. The highest BCUT2D eigenvalue weighted by Crippen LogP contribution is 2.33. The van der Waals surface area contributed by atoms with Gasteiger partial charge < -0.3 is 4.90 Å². The van der Waals surface area contributed by atoms with Crippen LogP contribution in [0.15, 0.2) is 55.1 Å². The molecule has 4 aromatic rings. The lowest BCUT2D eigenvalue weighted by molar-refractivity contribution is 0.204. The highest BCUT2D eigenvalue weighted by atomic mass is 35.5. The van der Waals surface area contributed by atoms with Gasteiger partial charge in [0, 0.05) is 67.8 Å². The Kier molecular flexibility index (Phi) is 8.71. The Morgan fingerprint density at radius 3 is 2.14 bits per heavy atom. The van der Waals surface area contributed by atoms with Crippen molar-refractivity contribution < 1.29 is 4.39 Å². The molecular weight excluding hydrogens is 490 g/mol. The fourth-order valence-corrected chi connectivity index (χ4v) is 4.45. The molecule has 1 N–H and O–H groups in total. The molecule has 0 spiro atoms. The minimum atomic E-state index is -0.267. The molecule has 0 radical (unpaired) electrons. The summed E-state index contributed by atoms with van der Waals surface area (Å²) in [4.78, 5) is 22.9. The summed E-state index contributed by atoms with van der Waals surface area (Å²) in [5, 5.41) is 7.51. The van der Waals surface area contributed by atoms with Crippen LogP contribution in [-0.2, 0) is 0 Å². The van der Waals surface area contributed by atoms with Crippen molar-refractivity contribution in [2.75, 3.05) is 31.1 Å². The van der Waals surface area contributed by atoms with Gasteiger partial charge in [-0.15, -0.1) is 24.8 Å². The first-order chi connectivity index (χ1) is 16.1. The quantitative estimate of drug-likeness (QED) is 0.425. The standard InChI is InChI=1S/C24H25FN8.2ClH/c1-16-20(17(2)31-30-16)22(23-27-8-3-9-28-23)32-12-14-33(15-13-32)24-21(26-10-11-29-24)18-4-6-19(25)7-5-18;;/h3-11,22H,12-15H2,1-2H3,(H,30,31);2*1H. The van der Waals surface area contributed by atoms with Gasteiger partial charge in [0.15, 0.2) is 5.82 Å². The lowest BCUT2D eigenvalue weighted by Gasteiger charge is -2.39. The van der Waals surface area contributed by atoms with Crippen LogP contribution in [0.25, 0.3) is 11.3 Å². The van der Waals surface area contributed by atoms with Crippen LogP contribution in [0.5, 0.6) is 0 Å². The zero-order valence-corrected chi connectivity index (χ0v) is 21.1. The van der Waals surface area contributed by atoms with Crippen LogP contribution in [0.4, 0.5) is 10.2 Å². The molecule has 0 amide bonds. The number of aryl methyl sites for hydroxylation is 2. The first-order valence-electron chi connectivity index (χ1n) is 11.0. The molecule has 0 bridgehead atoms. The summed E-state index contributed by atoms with van der Waals surface area (Å²) in [5.41, 5.74) is 4.72. The molecule has 184 valence electrons. The van der Waals surface area contributed by atoms with Crippen LogP contribution >= 0.6 is 24.8 Å². The van der Waals surface area contributed by atoms with E-state index in [9.17, 15) is 4.39 Å². The molecule has 1 unspecified atom stereocenters. The van der Waals surface area contributed by atoms with Crippen molar-refractivity contribution in [2.24, 2.45) is 0 Å². The molecule has 1 aromatic carbocycles. The molecule has 0 aliphatic carbocycles. The Morgan fingerprint density at radius 1 is 0.857 bits per heavy atom. The van der Waals surface area contributed by atoms with Gasteiger partial charge in [-0.3, -0.25) is 15.0 Å². The Bertz CT molecular complexity index is 1210. The maximum absolute atomic E-state index is 13.4. The predicted molar refractivity (Wildman–Crippen MR) is 138 cm³/mol. The number of halogens is 3. The molecule has 1 atom stereocenters. The van der Waals surface area contributed by atoms with Gasteiger partial charge in [-0.05, 0) is 44.2 Å². The number of nitrogens with zero attached hydrogens (tertiary/aromatic N) is 7. The number of hydrogen-bond acceptors (Lipinski definition) is 7. The normalized spacial score (nSPS) is 14.7. The average Bonchev–Trinajstić information content (AvgIpc) is 3.19. The summed E-state index contributed by atoms with van der Waals surface area (Å²) in [7, 11) is 0. The van der Waals surface area contributed by atoms with Crippen molar-refractivity contribution in [3.63, 3.8) is 0 Å². The minimum absolute atomic E-state index is 0. The summed E-state index contributed by atoms with van der Waals surface area (Å²) in [5.74, 6) is 1.31. The Hall–Kier alpha value is -3.14. The molecule has 11 heteroatoms. The van der Waals surface area contributed by atoms with Gasteiger partial charge >= 0.3 is 0 Å². The molecule has 1 aliphatic rings. The van der Waals surface area contributed by atoms with Crippen LogP contribution in [-0.4, -0.2) is 61.2 Å². The van der Waals surface area contributed by atoms with Crippen LogP contribution in [0, 0.1) is 19.7 Å². The van der Waals surface area contributed by atoms with Crippen LogP contribution in [0.2, 0.25) is 0 Å². The van der Waals surface area contributed by atoms with Gasteiger partial charge in [-0.2, -0.15) is 5.10 Å². The van der Waals surface area contributed by atoms with Crippen LogP contribution < -0.4 is 4.90 Å². The monoisotopic (exact) mass is 516 g/mol. The topological polar surface area (TPSA) is 86.7 Å². The smallest absolute Gasteiger partial charge is 0.155 e. The highest BCUT2D eigenvalue weighted by molar-refractivity contribution is 5.85. The zero-order valence-electron chi connectivity index (χ0n) is 19.4. The van der Waals surface area contributed by atoms with Crippen molar-refractivity contribution in [1.29, 1.82) is 0 Å². The van der Waals surface area contributed by atoms with E-state index in [4.69, 9.17) is 0 Å². The Labute approximate surface area is 215 Å². The van der Waals surface area contributed by atoms with Crippen molar-refractivity contribution in [2.45, 2.75) is 19.9 Å². The number of rotatable bonds is 5. The number of H-pyrrole nitrogens is 1. The number of anilines is 1. The van der Waals surface area contributed by atoms with E-state index in [0.29, 0.717) is 0 Å². The van der Waals surface area contributed by atoms with E-state index in [2.05, 4.69) is 39.9 Å². The molecule has 4 heterocycles. The van der Waals surface area contributed by atoms with E-state index >= 15 is 0 Å². The maximum atomic E-state index is 13.4. The second-order valence-corrected chi connectivity index (χ2v) is 8.12. The van der Waals surface area contributed by atoms with Gasteiger partial charge in [0.2, 0.25) is 0 Å². The van der Waals surface area contributed by atoms with Crippen molar-refractivity contribution >= 4 is 30.6 Å². The minimum Gasteiger partial charge on any atom is -0.352 e. The second kappa shape index (κ2) is 11.5. The van der Waals surface area contributed by atoms with E-state index in [1.165, 1.54) is 12.1 Å². The lowest BCUT2D eigenvalue weighted by atomic mass is 10.0. The molecule has 1 aliphatic heterocycles. The van der Waals surface area contributed by atoms with Gasteiger partial charge in [0.05, 0.1) is 11.7 Å². The summed E-state index contributed by atoms with van der Waals surface area (Å²) >= 11 is 0. The molecular formula is C24H27Cl2FN8. The van der Waals surface area contributed by atoms with Crippen LogP contribution in [0.1, 0.15) is 28.8 Å². The number of benzene rings is 1. The third-order valence-electron chi connectivity index (χ3n) is 6.06. The van der Waals surface area contributed by atoms with Gasteiger partial charge in [-0.1, -0.05) is 0 Å². The second-order valence-electron chi connectivity index (χ2n) is 8.12. The number of aromatic amines is 1. The van der Waals surface area contributed by atoms with Gasteiger partial charge in [-0.25, -0.2) is 19.3 Å². The molecule has 3 aromatic heterocycles. The summed E-state index contributed by atoms with van der Waals surface area (Å²) in [6, 6.07) is 8.14. The molecule has 8 nitrogen and oxygen atoms in total. The fraction of sp³-hybridized carbons (Fsp3) is 0.292. The first kappa shape index (κ1) is 26.5. The maximum Gasteiger partial charge on any atom is 0.155 e. The third kappa shape index (κ3) is 5.42. The number of aromatic nitrogens is 6. The van der Waals surface area contributed by atoms with E-state index in [0.717, 1.165) is 66.0 Å². The van der Waals surface area contributed by atoms with Crippen molar-refractivity contribution in [3.05, 3.63) is 83.7 Å². The average molecular weight is 517 g/mol. The molecule has 0 saturated carbocycles. The molecule has 1 fully saturated rings. The predicted octanol–water partition coefficient (Wildman–Crippen LogP) is 4.17. The zero-order chi connectivity index (χ0) is 22.8. The summed E-state index contributed by atoms with van der Waals surface area (Å²) in [6.45, 7) is 7.19. The number of piperazine rings is 1. The first-order valence-corrected chi connectivity index (χ1v) is 11.0. The largest absolute Gasteiger partial charge is 0.352 e. The lowest BCUT2D eigenvalue weighted by Crippen LogP contribution is -2.48. The number of nitrogens with one attached hydrogen (secondary N) is 1. The highest BCUT2D eigenvalue weighted by Gasteiger charge is 2.32. The SMILES string of the molecule is Cc1n[nH]c(C)c1C(c1ncccn1)N1CCN(c2nccnc2-c2ccc(F)cc2)CC1.Cl.Cl. The van der Waals surface area contributed by atoms with E-state index < -0.39 is 0 Å². The van der Waals surface area contributed by atoms with E-state index in [1.807, 2.05) is 19.9 Å². The summed E-state index contributed by atoms with van der Waals surface area (Å²) in [6.07, 6.45) is 6.94. The summed E-state index contributed by atoms with van der Waals surface area (Å²) < 4.78 is 13.4.